The van der Waals surface area contributed by atoms with E-state index in [0.29, 0.717) is 5.56 Å². The summed E-state index contributed by atoms with van der Waals surface area (Å²) in [5, 5.41) is 0. The second-order valence-electron chi connectivity index (χ2n) is 5.12. The van der Waals surface area contributed by atoms with Crippen LogP contribution in [0.4, 0.5) is 0 Å². The minimum atomic E-state index is -0.556. The molecule has 0 aliphatic rings. The van der Waals surface area contributed by atoms with E-state index in [9.17, 15) is 4.79 Å². The number of furan rings is 1. The minimum absolute atomic E-state index is 0.00654. The maximum Gasteiger partial charge on any atom is 0.375 e. The molecule has 0 N–H and O–H groups in total. The smallest absolute Gasteiger partial charge is 0.375 e. The van der Waals surface area contributed by atoms with E-state index in [1.54, 1.807) is 6.07 Å². The first kappa shape index (κ1) is 16.4. The monoisotopic (exact) mass is 332 g/mol. The van der Waals surface area contributed by atoms with Gasteiger partial charge in [-0.25, -0.2) is 4.79 Å². The number of carbonyl (C=O) groups excluding carboxylic acids is 1. The second kappa shape index (κ2) is 8.42. The van der Waals surface area contributed by atoms with E-state index in [-0.39, 0.29) is 19.0 Å². The molecule has 0 unspecified atom stereocenters. The number of hydrogen-bond donors (Lipinski definition) is 0. The zero-order chi connectivity index (χ0) is 17.3. The fourth-order valence-corrected chi connectivity index (χ4v) is 2.13. The Morgan fingerprint density at radius 2 is 1.68 bits per heavy atom. The largest absolute Gasteiger partial charge is 0.489 e. The van der Waals surface area contributed by atoms with Crippen molar-refractivity contribution in [2.45, 2.75) is 6.61 Å². The lowest BCUT2D eigenvalue weighted by atomic mass is 10.2. The molecule has 1 aromatic heterocycles. The minimum Gasteiger partial charge on any atom is -0.489 e. The Kier molecular flexibility index (Phi) is 5.52. The lowest BCUT2D eigenvalue weighted by Crippen LogP contribution is -2.08. The Balaban J connectivity index is 1.54. The molecule has 0 radical (unpaired) electrons. The maximum atomic E-state index is 12.1. The highest BCUT2D eigenvalue weighted by Gasteiger charge is 2.17. The van der Waals surface area contributed by atoms with Gasteiger partial charge in [-0.1, -0.05) is 48.2 Å². The summed E-state index contributed by atoms with van der Waals surface area (Å²) in [5.74, 6) is 6.03. The van der Waals surface area contributed by atoms with Crippen LogP contribution in [0, 0.1) is 11.8 Å². The molecule has 2 aromatic carbocycles. The van der Waals surface area contributed by atoms with Gasteiger partial charge in [0.25, 0.3) is 0 Å². The molecule has 4 heteroatoms. The van der Waals surface area contributed by atoms with Gasteiger partial charge in [-0.15, -0.1) is 0 Å². The molecular weight excluding hydrogens is 316 g/mol. The molecular formula is C21H16O4. The third-order valence-corrected chi connectivity index (χ3v) is 3.35. The normalized spacial score (nSPS) is 9.76. The van der Waals surface area contributed by atoms with Crippen LogP contribution in [0.1, 0.15) is 21.7 Å². The van der Waals surface area contributed by atoms with Crippen LogP contribution in [0.15, 0.2) is 77.4 Å². The molecule has 0 saturated heterocycles. The van der Waals surface area contributed by atoms with Crippen LogP contribution in [-0.2, 0) is 11.3 Å². The molecule has 0 saturated carbocycles. The maximum absolute atomic E-state index is 12.1. The number of benzene rings is 2. The molecule has 0 amide bonds. The number of para-hydroxylation sites is 1. The lowest BCUT2D eigenvalue weighted by Gasteiger charge is -2.05. The molecule has 3 aromatic rings. The van der Waals surface area contributed by atoms with E-state index in [1.165, 1.54) is 6.26 Å². The van der Waals surface area contributed by atoms with Crippen LogP contribution in [-0.4, -0.2) is 12.6 Å². The molecule has 25 heavy (non-hydrogen) atoms. The SMILES string of the molecule is O=C(OCC#Cc1ccccc1)c1occc1COc1ccccc1. The van der Waals surface area contributed by atoms with Crippen molar-refractivity contribution in [1.82, 2.24) is 0 Å². The van der Waals surface area contributed by atoms with Crippen molar-refractivity contribution in [3.63, 3.8) is 0 Å². The van der Waals surface area contributed by atoms with Crippen LogP contribution >= 0.6 is 0 Å². The summed E-state index contributed by atoms with van der Waals surface area (Å²) in [6.07, 6.45) is 1.44. The highest BCUT2D eigenvalue weighted by atomic mass is 16.5. The van der Waals surface area contributed by atoms with Gasteiger partial charge in [0.1, 0.15) is 12.4 Å². The highest BCUT2D eigenvalue weighted by Crippen LogP contribution is 2.16. The fourth-order valence-electron chi connectivity index (χ4n) is 2.13. The fraction of sp³-hybridized carbons (Fsp3) is 0.0952. The van der Waals surface area contributed by atoms with Crippen molar-refractivity contribution in [1.29, 1.82) is 0 Å². The lowest BCUT2D eigenvalue weighted by molar-refractivity contribution is 0.0516. The van der Waals surface area contributed by atoms with E-state index in [1.807, 2.05) is 60.7 Å². The van der Waals surface area contributed by atoms with Gasteiger partial charge in [-0.3, -0.25) is 0 Å². The Labute approximate surface area is 146 Å². The summed E-state index contributed by atoms with van der Waals surface area (Å²) in [4.78, 5) is 12.1. The molecule has 0 fully saturated rings. The molecule has 0 bridgehead atoms. The number of rotatable bonds is 5. The van der Waals surface area contributed by atoms with Crippen molar-refractivity contribution in [3.8, 4) is 17.6 Å². The number of esters is 1. The predicted molar refractivity (Wildman–Crippen MR) is 93.1 cm³/mol. The summed E-state index contributed by atoms with van der Waals surface area (Å²) in [7, 11) is 0. The first-order valence-electron chi connectivity index (χ1n) is 7.78. The van der Waals surface area contributed by atoms with Gasteiger partial charge in [0.05, 0.1) is 6.26 Å². The Bertz CT molecular complexity index is 870. The van der Waals surface area contributed by atoms with Crippen LogP contribution in [0.25, 0.3) is 0 Å². The zero-order valence-electron chi connectivity index (χ0n) is 13.5. The third kappa shape index (κ3) is 4.76. The third-order valence-electron chi connectivity index (χ3n) is 3.35. The van der Waals surface area contributed by atoms with Gasteiger partial charge < -0.3 is 13.9 Å². The second-order valence-corrected chi connectivity index (χ2v) is 5.12. The highest BCUT2D eigenvalue weighted by molar-refractivity contribution is 5.88. The Hall–Kier alpha value is -3.45. The van der Waals surface area contributed by atoms with E-state index in [4.69, 9.17) is 13.9 Å². The van der Waals surface area contributed by atoms with Crippen molar-refractivity contribution in [2.24, 2.45) is 0 Å². The van der Waals surface area contributed by atoms with Gasteiger partial charge in [-0.2, -0.15) is 0 Å². The van der Waals surface area contributed by atoms with Crippen molar-refractivity contribution < 1.29 is 18.7 Å². The van der Waals surface area contributed by atoms with Gasteiger partial charge in [-0.05, 0) is 30.3 Å². The standard InChI is InChI=1S/C21H16O4/c22-21(24-14-7-10-17-8-3-1-4-9-17)20-18(13-15-23-20)16-25-19-11-5-2-6-12-19/h1-6,8-9,11-13,15H,14,16H2. The van der Waals surface area contributed by atoms with E-state index >= 15 is 0 Å². The van der Waals surface area contributed by atoms with Crippen molar-refractivity contribution >= 4 is 5.97 Å². The quantitative estimate of drug-likeness (QED) is 0.522. The average Bonchev–Trinajstić information content (AvgIpc) is 3.14. The average molecular weight is 332 g/mol. The van der Waals surface area contributed by atoms with E-state index in [2.05, 4.69) is 11.8 Å². The topological polar surface area (TPSA) is 48.7 Å². The first-order valence-corrected chi connectivity index (χ1v) is 7.78. The van der Waals surface area contributed by atoms with Crippen LogP contribution in [0.5, 0.6) is 5.75 Å². The van der Waals surface area contributed by atoms with E-state index in [0.717, 1.165) is 11.3 Å². The van der Waals surface area contributed by atoms with Crippen LogP contribution in [0.2, 0.25) is 0 Å². The number of hydrogen-bond acceptors (Lipinski definition) is 4. The molecule has 124 valence electrons. The van der Waals surface area contributed by atoms with Crippen molar-refractivity contribution in [2.75, 3.05) is 6.61 Å². The van der Waals surface area contributed by atoms with Crippen LogP contribution < -0.4 is 4.74 Å². The molecule has 4 nitrogen and oxygen atoms in total. The van der Waals surface area contributed by atoms with Gasteiger partial charge >= 0.3 is 5.97 Å². The summed E-state index contributed by atoms with van der Waals surface area (Å²) in [6, 6.07) is 20.5. The van der Waals surface area contributed by atoms with Crippen LogP contribution in [0.3, 0.4) is 0 Å². The molecule has 0 aliphatic heterocycles. The number of carbonyl (C=O) groups is 1. The summed E-state index contributed by atoms with van der Waals surface area (Å²) >= 11 is 0. The molecule has 3 rings (SSSR count). The predicted octanol–water partition coefficient (Wildman–Crippen LogP) is 4.07. The summed E-state index contributed by atoms with van der Waals surface area (Å²) in [6.45, 7) is 0.216. The molecule has 1 heterocycles. The van der Waals surface area contributed by atoms with Gasteiger partial charge in [0, 0.05) is 11.1 Å². The Morgan fingerprint density at radius 3 is 2.44 bits per heavy atom. The van der Waals surface area contributed by atoms with E-state index < -0.39 is 5.97 Å². The molecule has 0 aliphatic carbocycles. The summed E-state index contributed by atoms with van der Waals surface area (Å²) in [5.41, 5.74) is 1.50. The summed E-state index contributed by atoms with van der Waals surface area (Å²) < 4.78 is 16.0. The Morgan fingerprint density at radius 1 is 0.960 bits per heavy atom. The number of ether oxygens (including phenoxy) is 2. The first-order chi connectivity index (χ1) is 12.3. The molecule has 0 atom stereocenters. The zero-order valence-corrected chi connectivity index (χ0v) is 13.5. The molecule has 0 spiro atoms. The van der Waals surface area contributed by atoms with Gasteiger partial charge in [0.2, 0.25) is 5.76 Å². The van der Waals surface area contributed by atoms with Gasteiger partial charge in [0.15, 0.2) is 6.61 Å². The van der Waals surface area contributed by atoms with Crippen molar-refractivity contribution in [3.05, 3.63) is 89.9 Å².